The molecule has 3 aromatic carbocycles. The van der Waals surface area contributed by atoms with Gasteiger partial charge in [0.15, 0.2) is 11.6 Å². The van der Waals surface area contributed by atoms with Crippen molar-refractivity contribution in [1.29, 1.82) is 0 Å². The minimum Gasteiger partial charge on any atom is -0.494 e. The minimum absolute atomic E-state index is 0.00949. The largest absolute Gasteiger partial charge is 0.494 e. The number of aryl methyl sites for hydroxylation is 1. The van der Waals surface area contributed by atoms with E-state index in [1.54, 1.807) is 18.2 Å². The lowest BCUT2D eigenvalue weighted by Crippen LogP contribution is -2.06. The fourth-order valence-electron chi connectivity index (χ4n) is 4.10. The molecule has 0 aromatic heterocycles. The van der Waals surface area contributed by atoms with Crippen LogP contribution in [0.25, 0.3) is 16.7 Å². The molecule has 1 aliphatic carbocycles. The van der Waals surface area contributed by atoms with Crippen LogP contribution in [0.15, 0.2) is 48.5 Å². The lowest BCUT2D eigenvalue weighted by atomic mass is 9.85. The van der Waals surface area contributed by atoms with Gasteiger partial charge >= 0.3 is 0 Å². The number of halogens is 4. The first kappa shape index (κ1) is 21.2. The lowest BCUT2D eigenvalue weighted by Gasteiger charge is -2.20. The number of ether oxygens (including phenoxy) is 1. The predicted molar refractivity (Wildman–Crippen MR) is 114 cm³/mol. The molecule has 0 saturated carbocycles. The van der Waals surface area contributed by atoms with E-state index in [1.165, 1.54) is 25.3 Å². The number of methoxy groups -OCH3 is 1. The van der Waals surface area contributed by atoms with E-state index in [0.29, 0.717) is 24.0 Å². The molecule has 31 heavy (non-hydrogen) atoms. The van der Waals surface area contributed by atoms with E-state index in [4.69, 9.17) is 4.74 Å². The van der Waals surface area contributed by atoms with Crippen molar-refractivity contribution in [2.24, 2.45) is 0 Å². The second kappa shape index (κ2) is 8.58. The zero-order valence-electron chi connectivity index (χ0n) is 17.4. The van der Waals surface area contributed by atoms with Gasteiger partial charge in [0.1, 0.15) is 11.6 Å². The Morgan fingerprint density at radius 1 is 0.806 bits per heavy atom. The third-order valence-corrected chi connectivity index (χ3v) is 5.71. The maximum absolute atomic E-state index is 14.9. The van der Waals surface area contributed by atoms with Crippen molar-refractivity contribution in [3.8, 4) is 16.9 Å². The average molecular weight is 426 g/mol. The van der Waals surface area contributed by atoms with Crippen LogP contribution in [0.3, 0.4) is 0 Å². The minimum atomic E-state index is -1.15. The van der Waals surface area contributed by atoms with Gasteiger partial charge in [0.25, 0.3) is 0 Å². The van der Waals surface area contributed by atoms with Crippen LogP contribution < -0.4 is 4.74 Å². The number of rotatable bonds is 5. The van der Waals surface area contributed by atoms with Gasteiger partial charge in [-0.15, -0.1) is 0 Å². The Hall–Kier alpha value is -3.08. The van der Waals surface area contributed by atoms with Gasteiger partial charge in [0.2, 0.25) is 5.82 Å². The molecule has 5 heteroatoms. The Bertz CT molecular complexity index is 1180. The van der Waals surface area contributed by atoms with E-state index in [9.17, 15) is 17.6 Å². The highest BCUT2D eigenvalue weighted by atomic mass is 19.2. The van der Waals surface area contributed by atoms with Crippen LogP contribution >= 0.6 is 0 Å². The lowest BCUT2D eigenvalue weighted by molar-refractivity contribution is 0.372. The van der Waals surface area contributed by atoms with Crippen molar-refractivity contribution in [2.75, 3.05) is 7.11 Å². The molecule has 1 nitrogen and oxygen atoms in total. The first-order chi connectivity index (χ1) is 14.9. The molecule has 0 radical (unpaired) electrons. The van der Waals surface area contributed by atoms with Crippen molar-refractivity contribution in [3.63, 3.8) is 0 Å². The van der Waals surface area contributed by atoms with Crippen LogP contribution in [0.2, 0.25) is 0 Å². The summed E-state index contributed by atoms with van der Waals surface area (Å²) in [4.78, 5) is 0. The van der Waals surface area contributed by atoms with Crippen molar-refractivity contribution in [3.05, 3.63) is 94.1 Å². The smallest absolute Gasteiger partial charge is 0.201 e. The summed E-state index contributed by atoms with van der Waals surface area (Å²) in [6, 6.07) is 10.7. The van der Waals surface area contributed by atoms with E-state index in [0.717, 1.165) is 29.5 Å². The van der Waals surface area contributed by atoms with Gasteiger partial charge in [-0.1, -0.05) is 31.6 Å². The topological polar surface area (TPSA) is 9.23 Å². The van der Waals surface area contributed by atoms with Crippen molar-refractivity contribution in [2.45, 2.75) is 32.6 Å². The molecule has 0 spiro atoms. The van der Waals surface area contributed by atoms with E-state index in [-0.39, 0.29) is 22.7 Å². The van der Waals surface area contributed by atoms with Crippen LogP contribution in [0.1, 0.15) is 35.6 Å². The van der Waals surface area contributed by atoms with Crippen LogP contribution in [-0.4, -0.2) is 7.11 Å². The number of hydrogen-bond acceptors (Lipinski definition) is 1. The van der Waals surface area contributed by atoms with Crippen molar-refractivity contribution in [1.82, 2.24) is 0 Å². The second-order valence-electron chi connectivity index (χ2n) is 7.72. The third kappa shape index (κ3) is 3.97. The Balaban J connectivity index is 1.67. The van der Waals surface area contributed by atoms with E-state index in [2.05, 4.69) is 0 Å². The molecule has 0 aliphatic heterocycles. The summed E-state index contributed by atoms with van der Waals surface area (Å²) in [5, 5.41) is 0. The zero-order chi connectivity index (χ0) is 22.1. The molecular formula is C26H22F4O. The maximum atomic E-state index is 14.9. The predicted octanol–water partition coefficient (Wildman–Crippen LogP) is 7.05. The van der Waals surface area contributed by atoms with Crippen LogP contribution in [0, 0.1) is 23.3 Å². The van der Waals surface area contributed by atoms with E-state index < -0.39 is 17.5 Å². The quantitative estimate of drug-likeness (QED) is 0.397. The third-order valence-electron chi connectivity index (χ3n) is 5.71. The summed E-state index contributed by atoms with van der Waals surface area (Å²) in [5.41, 5.74) is 3.60. The summed E-state index contributed by atoms with van der Waals surface area (Å²) >= 11 is 0. The summed E-state index contributed by atoms with van der Waals surface area (Å²) in [6.07, 6.45) is 4.49. The molecule has 0 amide bonds. The standard InChI is InChI=1S/C26H22F4O/c1-3-4-15-5-8-19(22(27)11-15)17-7-6-16-13-21(23(28)14-18(16)12-17)20-9-10-24(31-2)26(30)25(20)29/h5,7-11,13-14H,3-4,6,12H2,1-2H3. The Morgan fingerprint density at radius 2 is 1.55 bits per heavy atom. The van der Waals surface area contributed by atoms with Gasteiger partial charge < -0.3 is 4.74 Å². The first-order valence-electron chi connectivity index (χ1n) is 10.2. The molecule has 0 bridgehead atoms. The molecule has 4 rings (SSSR count). The molecular weight excluding hydrogens is 404 g/mol. The van der Waals surface area contributed by atoms with Gasteiger partial charge in [-0.05, 0) is 71.9 Å². The zero-order valence-corrected chi connectivity index (χ0v) is 17.4. The highest BCUT2D eigenvalue weighted by Gasteiger charge is 2.22. The highest BCUT2D eigenvalue weighted by molar-refractivity contribution is 5.74. The Morgan fingerprint density at radius 3 is 2.26 bits per heavy atom. The monoisotopic (exact) mass is 426 g/mol. The molecule has 0 N–H and O–H groups in total. The fourth-order valence-corrected chi connectivity index (χ4v) is 4.10. The highest BCUT2D eigenvalue weighted by Crippen LogP contribution is 2.36. The van der Waals surface area contributed by atoms with Gasteiger partial charge in [-0.2, -0.15) is 4.39 Å². The van der Waals surface area contributed by atoms with Crippen LogP contribution in [0.5, 0.6) is 5.75 Å². The summed E-state index contributed by atoms with van der Waals surface area (Å²) in [6.45, 7) is 2.04. The summed E-state index contributed by atoms with van der Waals surface area (Å²) in [7, 11) is 1.24. The van der Waals surface area contributed by atoms with Crippen LogP contribution in [-0.2, 0) is 19.3 Å². The molecule has 0 unspecified atom stereocenters. The summed E-state index contributed by atoms with van der Waals surface area (Å²) in [5.74, 6) is -3.48. The SMILES string of the molecule is CCCc1ccc(C2=CCc3cc(-c4ccc(OC)c(F)c4F)c(F)cc3C2)c(F)c1. The van der Waals surface area contributed by atoms with Gasteiger partial charge in [-0.3, -0.25) is 0 Å². The van der Waals surface area contributed by atoms with Gasteiger partial charge in [0, 0.05) is 16.7 Å². The normalized spacial score (nSPS) is 13.0. The number of allylic oxidation sites excluding steroid dienone is 2. The van der Waals surface area contributed by atoms with E-state index >= 15 is 0 Å². The Labute approximate surface area is 179 Å². The van der Waals surface area contributed by atoms with E-state index in [1.807, 2.05) is 19.1 Å². The number of benzene rings is 3. The number of hydrogen-bond donors (Lipinski definition) is 0. The maximum Gasteiger partial charge on any atom is 0.201 e. The molecule has 160 valence electrons. The molecule has 0 fully saturated rings. The van der Waals surface area contributed by atoms with Crippen LogP contribution in [0.4, 0.5) is 17.6 Å². The summed E-state index contributed by atoms with van der Waals surface area (Å²) < 4.78 is 62.9. The Kier molecular flexibility index (Phi) is 5.86. The van der Waals surface area contributed by atoms with Gasteiger partial charge in [-0.25, -0.2) is 13.2 Å². The average Bonchev–Trinajstić information content (AvgIpc) is 2.75. The van der Waals surface area contributed by atoms with Gasteiger partial charge in [0.05, 0.1) is 7.11 Å². The second-order valence-corrected chi connectivity index (χ2v) is 7.72. The first-order valence-corrected chi connectivity index (χ1v) is 10.2. The molecule has 3 aromatic rings. The molecule has 1 aliphatic rings. The van der Waals surface area contributed by atoms with Crippen molar-refractivity contribution >= 4 is 5.57 Å². The van der Waals surface area contributed by atoms with Crippen molar-refractivity contribution < 1.29 is 22.3 Å². The molecule has 0 heterocycles. The number of fused-ring (bicyclic) bond motifs is 1. The molecule has 0 saturated heterocycles. The molecule has 0 atom stereocenters. The fraction of sp³-hybridized carbons (Fsp3) is 0.231.